The third-order valence-electron chi connectivity index (χ3n) is 3.63. The highest BCUT2D eigenvalue weighted by Crippen LogP contribution is 2.24. The number of nitrogens with one attached hydrogen (secondary N) is 2. The topological polar surface area (TPSA) is 54.0 Å². The highest BCUT2D eigenvalue weighted by atomic mass is 32.1. The van der Waals surface area contributed by atoms with Crippen molar-refractivity contribution < 1.29 is 9.18 Å². The maximum absolute atomic E-state index is 13.2. The SMILES string of the molecule is Cc1ccc(F)cc1CNC(=O)c1cnc(C2CNC2)s1. The summed E-state index contributed by atoms with van der Waals surface area (Å²) >= 11 is 1.43. The second-order valence-corrected chi connectivity index (χ2v) is 6.23. The van der Waals surface area contributed by atoms with Crippen molar-refractivity contribution in [2.75, 3.05) is 13.1 Å². The quantitative estimate of drug-likeness (QED) is 0.910. The van der Waals surface area contributed by atoms with Gasteiger partial charge in [-0.25, -0.2) is 9.37 Å². The Morgan fingerprint density at radius 2 is 2.33 bits per heavy atom. The molecule has 1 aliphatic heterocycles. The maximum atomic E-state index is 13.2. The van der Waals surface area contributed by atoms with Crippen molar-refractivity contribution in [1.82, 2.24) is 15.6 Å². The van der Waals surface area contributed by atoms with Gasteiger partial charge in [0.15, 0.2) is 0 Å². The molecule has 1 saturated heterocycles. The summed E-state index contributed by atoms with van der Waals surface area (Å²) in [6, 6.07) is 4.59. The molecule has 2 aromatic rings. The van der Waals surface area contributed by atoms with Gasteiger partial charge in [0.1, 0.15) is 10.7 Å². The Hall–Kier alpha value is -1.79. The van der Waals surface area contributed by atoms with Gasteiger partial charge in [0.25, 0.3) is 5.91 Å². The van der Waals surface area contributed by atoms with Gasteiger partial charge in [-0.15, -0.1) is 11.3 Å². The molecule has 110 valence electrons. The zero-order valence-corrected chi connectivity index (χ0v) is 12.5. The first kappa shape index (κ1) is 14.2. The smallest absolute Gasteiger partial charge is 0.263 e. The van der Waals surface area contributed by atoms with Crippen molar-refractivity contribution in [3.63, 3.8) is 0 Å². The van der Waals surface area contributed by atoms with Gasteiger partial charge in [-0.2, -0.15) is 0 Å². The number of thiazole rings is 1. The third-order valence-corrected chi connectivity index (χ3v) is 4.79. The summed E-state index contributed by atoms with van der Waals surface area (Å²) < 4.78 is 13.2. The lowest BCUT2D eigenvalue weighted by atomic mass is 10.1. The first-order valence-corrected chi connectivity index (χ1v) is 7.65. The van der Waals surface area contributed by atoms with Crippen LogP contribution in [-0.2, 0) is 6.54 Å². The fourth-order valence-electron chi connectivity index (χ4n) is 2.14. The lowest BCUT2D eigenvalue weighted by Gasteiger charge is -2.24. The molecule has 0 aliphatic carbocycles. The van der Waals surface area contributed by atoms with Gasteiger partial charge in [0, 0.05) is 25.6 Å². The monoisotopic (exact) mass is 305 g/mol. The summed E-state index contributed by atoms with van der Waals surface area (Å²) in [7, 11) is 0. The molecular weight excluding hydrogens is 289 g/mol. The number of nitrogens with zero attached hydrogens (tertiary/aromatic N) is 1. The number of carbonyl (C=O) groups excluding carboxylic acids is 1. The van der Waals surface area contributed by atoms with Crippen LogP contribution in [0.5, 0.6) is 0 Å². The molecule has 0 saturated carbocycles. The van der Waals surface area contributed by atoms with Gasteiger partial charge < -0.3 is 10.6 Å². The standard InChI is InChI=1S/C15H16FN3OS/c1-9-2-3-12(16)4-10(9)7-18-14(20)13-8-19-15(21-13)11-5-17-6-11/h2-4,8,11,17H,5-7H2,1H3,(H,18,20). The van der Waals surface area contributed by atoms with Crippen LogP contribution < -0.4 is 10.6 Å². The van der Waals surface area contributed by atoms with E-state index >= 15 is 0 Å². The van der Waals surface area contributed by atoms with Crippen molar-refractivity contribution in [2.24, 2.45) is 0 Å². The Morgan fingerprint density at radius 3 is 3.05 bits per heavy atom. The minimum absolute atomic E-state index is 0.158. The van der Waals surface area contributed by atoms with Crippen LogP contribution in [0.1, 0.15) is 31.7 Å². The minimum Gasteiger partial charge on any atom is -0.347 e. The van der Waals surface area contributed by atoms with Gasteiger partial charge in [-0.05, 0) is 30.2 Å². The molecule has 0 atom stereocenters. The predicted molar refractivity (Wildman–Crippen MR) is 80.0 cm³/mol. The Bertz CT molecular complexity index is 667. The number of hydrogen-bond donors (Lipinski definition) is 2. The van der Waals surface area contributed by atoms with Crippen LogP contribution in [0.15, 0.2) is 24.4 Å². The van der Waals surface area contributed by atoms with Crippen molar-refractivity contribution in [2.45, 2.75) is 19.4 Å². The molecule has 0 spiro atoms. The van der Waals surface area contributed by atoms with E-state index in [1.54, 1.807) is 12.3 Å². The van der Waals surface area contributed by atoms with E-state index in [2.05, 4.69) is 15.6 Å². The first-order chi connectivity index (χ1) is 10.1. The van der Waals surface area contributed by atoms with E-state index in [1.807, 2.05) is 6.92 Å². The van der Waals surface area contributed by atoms with Gasteiger partial charge in [-0.3, -0.25) is 4.79 Å². The largest absolute Gasteiger partial charge is 0.347 e. The molecule has 21 heavy (non-hydrogen) atoms. The molecule has 1 amide bonds. The van der Waals surface area contributed by atoms with Crippen molar-refractivity contribution >= 4 is 17.2 Å². The second-order valence-electron chi connectivity index (χ2n) is 5.17. The fourth-order valence-corrected chi connectivity index (χ4v) is 3.07. The van der Waals surface area contributed by atoms with Crippen molar-refractivity contribution in [1.29, 1.82) is 0 Å². The molecule has 3 rings (SSSR count). The number of halogens is 1. The van der Waals surface area contributed by atoms with Crippen LogP contribution >= 0.6 is 11.3 Å². The Labute approximate surface area is 126 Å². The van der Waals surface area contributed by atoms with E-state index in [4.69, 9.17) is 0 Å². The summed E-state index contributed by atoms with van der Waals surface area (Å²) in [5.41, 5.74) is 1.75. The van der Waals surface area contributed by atoms with Crippen LogP contribution in [-0.4, -0.2) is 24.0 Å². The highest BCUT2D eigenvalue weighted by molar-refractivity contribution is 7.13. The van der Waals surface area contributed by atoms with Gasteiger partial charge >= 0.3 is 0 Å². The Kier molecular flexibility index (Phi) is 3.98. The Balaban J connectivity index is 1.63. The van der Waals surface area contributed by atoms with Crippen LogP contribution in [0, 0.1) is 12.7 Å². The number of aromatic nitrogens is 1. The average molecular weight is 305 g/mol. The van der Waals surface area contributed by atoms with Crippen molar-refractivity contribution in [3.8, 4) is 0 Å². The maximum Gasteiger partial charge on any atom is 0.263 e. The molecule has 1 aliphatic rings. The molecule has 6 heteroatoms. The summed E-state index contributed by atoms with van der Waals surface area (Å²) in [5, 5.41) is 7.01. The molecule has 4 nitrogen and oxygen atoms in total. The lowest BCUT2D eigenvalue weighted by Crippen LogP contribution is -2.39. The number of carbonyl (C=O) groups is 1. The number of aryl methyl sites for hydroxylation is 1. The number of amides is 1. The molecule has 2 N–H and O–H groups in total. The van der Waals surface area contributed by atoms with E-state index in [-0.39, 0.29) is 11.7 Å². The third kappa shape index (κ3) is 3.11. The first-order valence-electron chi connectivity index (χ1n) is 6.83. The van der Waals surface area contributed by atoms with E-state index in [0.29, 0.717) is 17.3 Å². The summed E-state index contributed by atoms with van der Waals surface area (Å²) in [6.45, 7) is 4.07. The highest BCUT2D eigenvalue weighted by Gasteiger charge is 2.23. The molecule has 0 unspecified atom stereocenters. The average Bonchev–Trinajstić information content (AvgIpc) is 2.87. The van der Waals surface area contributed by atoms with Crippen LogP contribution in [0.2, 0.25) is 0 Å². The Morgan fingerprint density at radius 1 is 1.52 bits per heavy atom. The van der Waals surface area contributed by atoms with Gasteiger partial charge in [0.05, 0.1) is 11.2 Å². The molecule has 0 radical (unpaired) electrons. The van der Waals surface area contributed by atoms with E-state index in [0.717, 1.165) is 29.2 Å². The van der Waals surface area contributed by atoms with Crippen LogP contribution in [0.3, 0.4) is 0 Å². The van der Waals surface area contributed by atoms with E-state index < -0.39 is 0 Å². The fraction of sp³-hybridized carbons (Fsp3) is 0.333. The van der Waals surface area contributed by atoms with Crippen molar-refractivity contribution in [3.05, 3.63) is 51.2 Å². The molecule has 1 aromatic carbocycles. The number of rotatable bonds is 4. The normalized spacial score (nSPS) is 14.8. The second kappa shape index (κ2) is 5.91. The number of hydrogen-bond acceptors (Lipinski definition) is 4. The zero-order valence-electron chi connectivity index (χ0n) is 11.6. The summed E-state index contributed by atoms with van der Waals surface area (Å²) in [5.74, 6) is -0.0147. The van der Waals surface area contributed by atoms with E-state index in [1.165, 1.54) is 23.5 Å². The van der Waals surface area contributed by atoms with Gasteiger partial charge in [0.2, 0.25) is 0 Å². The molecular formula is C15H16FN3OS. The van der Waals surface area contributed by atoms with Crippen LogP contribution in [0.4, 0.5) is 4.39 Å². The zero-order chi connectivity index (χ0) is 14.8. The number of benzene rings is 1. The van der Waals surface area contributed by atoms with Gasteiger partial charge in [-0.1, -0.05) is 6.07 Å². The summed E-state index contributed by atoms with van der Waals surface area (Å²) in [6.07, 6.45) is 1.62. The molecule has 0 bridgehead atoms. The van der Waals surface area contributed by atoms with Crippen LogP contribution in [0.25, 0.3) is 0 Å². The lowest BCUT2D eigenvalue weighted by molar-refractivity contribution is 0.0954. The molecule has 1 aromatic heterocycles. The predicted octanol–water partition coefficient (Wildman–Crippen LogP) is 2.21. The summed E-state index contributed by atoms with van der Waals surface area (Å²) in [4.78, 5) is 17.0. The minimum atomic E-state index is -0.289. The molecule has 1 fully saturated rings. The van der Waals surface area contributed by atoms with E-state index in [9.17, 15) is 9.18 Å². The molecule has 2 heterocycles.